The molecule has 2 atom stereocenters. The minimum Gasteiger partial charge on any atom is -0.382 e. The van der Waals surface area contributed by atoms with Gasteiger partial charge in [0.1, 0.15) is 5.82 Å². The van der Waals surface area contributed by atoms with Crippen LogP contribution in [0, 0.1) is 0 Å². The van der Waals surface area contributed by atoms with Crippen LogP contribution in [-0.4, -0.2) is 30.6 Å². The highest BCUT2D eigenvalue weighted by Gasteiger charge is 2.29. The molecule has 0 saturated heterocycles. The number of rotatable bonds is 3. The van der Waals surface area contributed by atoms with Crippen LogP contribution >= 0.6 is 11.6 Å². The van der Waals surface area contributed by atoms with E-state index in [-0.39, 0.29) is 0 Å². The molecule has 0 amide bonds. The minimum absolute atomic E-state index is 0.389. The molecule has 1 aliphatic rings. The molecule has 126 valence electrons. The molecule has 4 aromatic rings. The molecular formula is C18H17ClN6. The lowest BCUT2D eigenvalue weighted by molar-refractivity contribution is 0.652. The third kappa shape index (κ3) is 2.53. The van der Waals surface area contributed by atoms with Crippen molar-refractivity contribution in [2.75, 3.05) is 5.32 Å². The van der Waals surface area contributed by atoms with Crippen LogP contribution in [0.1, 0.15) is 31.0 Å². The maximum absolute atomic E-state index is 5.96. The lowest BCUT2D eigenvalue weighted by Crippen LogP contribution is -2.15. The van der Waals surface area contributed by atoms with E-state index in [1.165, 1.54) is 0 Å². The normalized spacial score (nSPS) is 20.5. The quantitative estimate of drug-likeness (QED) is 0.584. The smallest absolute Gasteiger partial charge is 0.179 e. The van der Waals surface area contributed by atoms with Gasteiger partial charge in [-0.2, -0.15) is 0 Å². The van der Waals surface area contributed by atoms with Crippen LogP contribution in [0.5, 0.6) is 0 Å². The van der Waals surface area contributed by atoms with Gasteiger partial charge in [-0.05, 0) is 49.6 Å². The monoisotopic (exact) mass is 352 g/mol. The summed E-state index contributed by atoms with van der Waals surface area (Å²) in [5.74, 6) is 1.42. The van der Waals surface area contributed by atoms with Gasteiger partial charge in [-0.15, -0.1) is 10.2 Å². The highest BCUT2D eigenvalue weighted by atomic mass is 35.5. The molecule has 3 heterocycles. The van der Waals surface area contributed by atoms with Crippen LogP contribution in [0.4, 0.5) is 5.69 Å². The largest absolute Gasteiger partial charge is 0.382 e. The third-order valence-corrected chi connectivity index (χ3v) is 5.23. The molecule has 1 fully saturated rings. The first-order valence-electron chi connectivity index (χ1n) is 8.47. The summed E-state index contributed by atoms with van der Waals surface area (Å²) in [6, 6.07) is 10.3. The van der Waals surface area contributed by atoms with Crippen molar-refractivity contribution in [1.82, 2.24) is 24.6 Å². The Morgan fingerprint density at radius 2 is 2.00 bits per heavy atom. The maximum Gasteiger partial charge on any atom is 0.179 e. The summed E-state index contributed by atoms with van der Waals surface area (Å²) in [4.78, 5) is 7.54. The molecule has 0 aliphatic heterocycles. The Morgan fingerprint density at radius 1 is 1.12 bits per heavy atom. The highest BCUT2D eigenvalue weighted by Crippen LogP contribution is 2.36. The van der Waals surface area contributed by atoms with Crippen LogP contribution < -0.4 is 5.32 Å². The van der Waals surface area contributed by atoms with Crippen molar-refractivity contribution < 1.29 is 0 Å². The van der Waals surface area contributed by atoms with E-state index in [4.69, 9.17) is 11.6 Å². The van der Waals surface area contributed by atoms with Crippen molar-refractivity contribution in [2.45, 2.75) is 31.2 Å². The Hall–Kier alpha value is -2.60. The van der Waals surface area contributed by atoms with E-state index in [9.17, 15) is 0 Å². The van der Waals surface area contributed by atoms with Crippen molar-refractivity contribution in [3.63, 3.8) is 0 Å². The first-order chi connectivity index (χ1) is 12.3. The Kier molecular flexibility index (Phi) is 3.38. The average Bonchev–Trinajstić information content (AvgIpc) is 3.34. The number of fused-ring (bicyclic) bond motifs is 3. The number of benzene rings is 1. The van der Waals surface area contributed by atoms with E-state index in [2.05, 4.69) is 29.9 Å². The molecule has 1 aliphatic carbocycles. The molecule has 0 unspecified atom stereocenters. The maximum atomic E-state index is 5.96. The molecular weight excluding hydrogens is 336 g/mol. The second kappa shape index (κ2) is 5.74. The number of hydrogen-bond acceptors (Lipinski definition) is 4. The van der Waals surface area contributed by atoms with Gasteiger partial charge in [0.05, 0.1) is 11.7 Å². The number of nitrogens with one attached hydrogen (secondary N) is 2. The number of anilines is 1. The average molecular weight is 353 g/mol. The van der Waals surface area contributed by atoms with Gasteiger partial charge < -0.3 is 10.3 Å². The van der Waals surface area contributed by atoms with Gasteiger partial charge in [0.2, 0.25) is 0 Å². The summed E-state index contributed by atoms with van der Waals surface area (Å²) < 4.78 is 2.13. The molecule has 7 heteroatoms. The first-order valence-corrected chi connectivity index (χ1v) is 8.85. The van der Waals surface area contributed by atoms with Gasteiger partial charge in [-0.3, -0.25) is 4.40 Å². The summed E-state index contributed by atoms with van der Waals surface area (Å²) in [7, 11) is 0. The molecule has 5 rings (SSSR count). The molecule has 3 aromatic heterocycles. The molecule has 25 heavy (non-hydrogen) atoms. The standard InChI is InChI=1S/C18H17ClN6/c19-12-2-5-13(6-3-12)22-14-4-1-11(9-14)18-24-23-16-10-21-17-15(25(16)18)7-8-20-17/h2-3,5-8,10-11,14,20,22H,1,4,9H2/t11-,14-/m1/s1. The summed E-state index contributed by atoms with van der Waals surface area (Å²) in [6.45, 7) is 0. The van der Waals surface area contributed by atoms with Gasteiger partial charge in [-0.25, -0.2) is 4.98 Å². The zero-order valence-electron chi connectivity index (χ0n) is 13.5. The van der Waals surface area contributed by atoms with Crippen molar-refractivity contribution in [2.24, 2.45) is 0 Å². The van der Waals surface area contributed by atoms with Crippen molar-refractivity contribution in [1.29, 1.82) is 0 Å². The molecule has 6 nitrogen and oxygen atoms in total. The number of nitrogens with zero attached hydrogens (tertiary/aromatic N) is 4. The van der Waals surface area contributed by atoms with Gasteiger partial charge >= 0.3 is 0 Å². The SMILES string of the molecule is Clc1ccc(N[C@@H]2CC[C@@H](c3nnc4cnc5[nH]ccc5n34)C2)cc1. The van der Waals surface area contributed by atoms with Crippen molar-refractivity contribution in [3.05, 3.63) is 53.6 Å². The van der Waals surface area contributed by atoms with E-state index in [1.807, 2.05) is 36.5 Å². The second-order valence-electron chi connectivity index (χ2n) is 6.58. The van der Waals surface area contributed by atoms with E-state index < -0.39 is 0 Å². The van der Waals surface area contributed by atoms with Gasteiger partial charge in [0.25, 0.3) is 0 Å². The van der Waals surface area contributed by atoms with Crippen molar-refractivity contribution >= 4 is 34.1 Å². The van der Waals surface area contributed by atoms with Gasteiger partial charge in [0.15, 0.2) is 11.3 Å². The Labute approximate surface area is 149 Å². The Bertz CT molecular complexity index is 1030. The third-order valence-electron chi connectivity index (χ3n) is 4.98. The Balaban J connectivity index is 1.42. The van der Waals surface area contributed by atoms with E-state index in [0.717, 1.165) is 52.6 Å². The Morgan fingerprint density at radius 3 is 2.88 bits per heavy atom. The summed E-state index contributed by atoms with van der Waals surface area (Å²) in [5, 5.41) is 13.2. The predicted molar refractivity (Wildman–Crippen MR) is 98.1 cm³/mol. The molecule has 0 radical (unpaired) electrons. The topological polar surface area (TPSA) is 70.9 Å². The zero-order valence-corrected chi connectivity index (χ0v) is 14.2. The zero-order chi connectivity index (χ0) is 16.8. The molecule has 0 bridgehead atoms. The lowest BCUT2D eigenvalue weighted by atomic mass is 10.1. The predicted octanol–water partition coefficient (Wildman–Crippen LogP) is 4.01. The molecule has 0 spiro atoms. The fraction of sp³-hybridized carbons (Fsp3) is 0.278. The minimum atomic E-state index is 0.389. The summed E-state index contributed by atoms with van der Waals surface area (Å²) in [5.41, 5.74) is 3.81. The van der Waals surface area contributed by atoms with Crippen LogP contribution in [0.25, 0.3) is 16.8 Å². The number of H-pyrrole nitrogens is 1. The summed E-state index contributed by atoms with van der Waals surface area (Å²) >= 11 is 5.96. The second-order valence-corrected chi connectivity index (χ2v) is 7.02. The summed E-state index contributed by atoms with van der Waals surface area (Å²) in [6.07, 6.45) is 6.93. The van der Waals surface area contributed by atoms with Crippen LogP contribution in [-0.2, 0) is 0 Å². The van der Waals surface area contributed by atoms with E-state index in [1.54, 1.807) is 6.20 Å². The van der Waals surface area contributed by atoms with Crippen LogP contribution in [0.15, 0.2) is 42.7 Å². The van der Waals surface area contributed by atoms with Crippen LogP contribution in [0.2, 0.25) is 5.02 Å². The molecule has 2 N–H and O–H groups in total. The fourth-order valence-electron chi connectivity index (χ4n) is 3.79. The van der Waals surface area contributed by atoms with Crippen LogP contribution in [0.3, 0.4) is 0 Å². The molecule has 1 saturated carbocycles. The number of hydrogen-bond donors (Lipinski definition) is 2. The van der Waals surface area contributed by atoms with Crippen molar-refractivity contribution in [3.8, 4) is 0 Å². The van der Waals surface area contributed by atoms with E-state index in [0.29, 0.717) is 12.0 Å². The van der Waals surface area contributed by atoms with Gasteiger partial charge in [0, 0.05) is 28.9 Å². The number of aromatic nitrogens is 5. The number of halogens is 1. The lowest BCUT2D eigenvalue weighted by Gasteiger charge is -2.14. The number of aromatic amines is 1. The first kappa shape index (κ1) is 14.7. The van der Waals surface area contributed by atoms with E-state index >= 15 is 0 Å². The molecule has 1 aromatic carbocycles. The fourth-order valence-corrected chi connectivity index (χ4v) is 3.92. The van der Waals surface area contributed by atoms with Gasteiger partial charge in [-0.1, -0.05) is 11.6 Å². The highest BCUT2D eigenvalue weighted by molar-refractivity contribution is 6.30.